The third kappa shape index (κ3) is 3.76. The first-order valence-corrected chi connectivity index (χ1v) is 10.5. The molecule has 1 saturated carbocycles. The topological polar surface area (TPSA) is 118 Å². The Bertz CT molecular complexity index is 1010. The van der Waals surface area contributed by atoms with E-state index in [1.54, 1.807) is 13.2 Å². The van der Waals surface area contributed by atoms with Gasteiger partial charge in [-0.2, -0.15) is 15.8 Å². The molecule has 0 radical (unpaired) electrons. The lowest BCUT2D eigenvalue weighted by atomic mass is 9.54. The lowest BCUT2D eigenvalue weighted by Crippen LogP contribution is -3.10. The zero-order valence-corrected chi connectivity index (χ0v) is 18.4. The van der Waals surface area contributed by atoms with Gasteiger partial charge in [0.2, 0.25) is 0 Å². The molecule has 31 heavy (non-hydrogen) atoms. The van der Waals surface area contributed by atoms with E-state index in [0.717, 1.165) is 17.7 Å². The molecule has 1 aliphatic heterocycles. The molecular formula is C24H28N5O2+. The molecule has 1 aliphatic carbocycles. The summed E-state index contributed by atoms with van der Waals surface area (Å²) in [4.78, 5) is 1.23. The van der Waals surface area contributed by atoms with Crippen LogP contribution in [-0.4, -0.2) is 39.6 Å². The Morgan fingerprint density at radius 1 is 1.23 bits per heavy atom. The summed E-state index contributed by atoms with van der Waals surface area (Å²) in [5, 5.41) is 38.7. The fourth-order valence-electron chi connectivity index (χ4n) is 4.69. The lowest BCUT2D eigenvalue weighted by molar-refractivity contribution is -0.878. The molecule has 2 aliphatic rings. The monoisotopic (exact) mass is 418 g/mol. The molecule has 4 atom stereocenters. The average Bonchev–Trinajstić information content (AvgIpc) is 2.77. The van der Waals surface area contributed by atoms with Gasteiger partial charge in [0.25, 0.3) is 0 Å². The van der Waals surface area contributed by atoms with Gasteiger partial charge in [-0.3, -0.25) is 0 Å². The second-order valence-corrected chi connectivity index (χ2v) is 8.78. The van der Waals surface area contributed by atoms with Gasteiger partial charge in [-0.1, -0.05) is 19.9 Å². The fourth-order valence-corrected chi connectivity index (χ4v) is 4.69. The highest BCUT2D eigenvalue weighted by molar-refractivity contribution is 6.00. The van der Waals surface area contributed by atoms with Crippen LogP contribution in [0.25, 0.3) is 0 Å². The van der Waals surface area contributed by atoms with Crippen LogP contribution < -0.4 is 14.4 Å². The normalized spacial score (nSPS) is 26.6. The van der Waals surface area contributed by atoms with Crippen LogP contribution in [0.15, 0.2) is 29.8 Å². The molecular weight excluding hydrogens is 390 g/mol. The first kappa shape index (κ1) is 22.3. The Hall–Kier alpha value is -3.34. The van der Waals surface area contributed by atoms with E-state index in [4.69, 9.17) is 14.9 Å². The van der Waals surface area contributed by atoms with E-state index in [0.29, 0.717) is 30.6 Å². The largest absolute Gasteiger partial charge is 0.493 e. The van der Waals surface area contributed by atoms with Crippen molar-refractivity contribution in [2.75, 3.05) is 33.9 Å². The van der Waals surface area contributed by atoms with Crippen molar-refractivity contribution in [2.45, 2.75) is 19.8 Å². The summed E-state index contributed by atoms with van der Waals surface area (Å²) in [6, 6.07) is 11.9. The summed E-state index contributed by atoms with van der Waals surface area (Å²) >= 11 is 0. The van der Waals surface area contributed by atoms with Crippen molar-refractivity contribution in [3.63, 3.8) is 0 Å². The summed E-state index contributed by atoms with van der Waals surface area (Å²) in [7, 11) is 3.61. The van der Waals surface area contributed by atoms with E-state index in [1.165, 1.54) is 4.90 Å². The van der Waals surface area contributed by atoms with Crippen molar-refractivity contribution in [1.29, 1.82) is 21.2 Å². The van der Waals surface area contributed by atoms with Gasteiger partial charge in [0, 0.05) is 11.8 Å². The van der Waals surface area contributed by atoms with Crippen molar-refractivity contribution < 1.29 is 14.4 Å². The van der Waals surface area contributed by atoms with Crippen molar-refractivity contribution in [2.24, 2.45) is 23.2 Å². The van der Waals surface area contributed by atoms with Gasteiger partial charge in [-0.25, -0.2) is 0 Å². The number of rotatable bonds is 5. The average molecular weight is 419 g/mol. The first-order valence-electron chi connectivity index (χ1n) is 10.5. The van der Waals surface area contributed by atoms with E-state index < -0.39 is 17.3 Å². The van der Waals surface area contributed by atoms with Crippen LogP contribution in [0, 0.1) is 62.6 Å². The predicted octanol–water partition coefficient (Wildman–Crippen LogP) is 2.09. The zero-order valence-electron chi connectivity index (χ0n) is 18.4. The van der Waals surface area contributed by atoms with Crippen LogP contribution in [0.2, 0.25) is 0 Å². The number of fused-ring (bicyclic) bond motifs is 1. The van der Waals surface area contributed by atoms with Crippen molar-refractivity contribution >= 4 is 5.71 Å². The fraction of sp³-hybridized carbons (Fsp3) is 0.500. The Morgan fingerprint density at radius 3 is 2.52 bits per heavy atom. The van der Waals surface area contributed by atoms with Crippen LogP contribution in [-0.2, 0) is 0 Å². The minimum absolute atomic E-state index is 0.133. The third-order valence-corrected chi connectivity index (χ3v) is 6.20. The van der Waals surface area contributed by atoms with Crippen LogP contribution in [0.4, 0.5) is 0 Å². The number of hydrogen-bond acceptors (Lipinski definition) is 6. The molecule has 1 aromatic rings. The maximum absolute atomic E-state index is 10.1. The molecule has 0 bridgehead atoms. The number of nitrogens with zero attached hydrogens (tertiary/aromatic N) is 3. The van der Waals surface area contributed by atoms with Crippen LogP contribution in [0.5, 0.6) is 11.5 Å². The van der Waals surface area contributed by atoms with Crippen molar-refractivity contribution in [1.82, 2.24) is 0 Å². The van der Waals surface area contributed by atoms with Crippen LogP contribution >= 0.6 is 0 Å². The van der Waals surface area contributed by atoms with Gasteiger partial charge in [-0.05, 0) is 35.3 Å². The van der Waals surface area contributed by atoms with Gasteiger partial charge >= 0.3 is 0 Å². The van der Waals surface area contributed by atoms with E-state index >= 15 is 0 Å². The number of likely N-dealkylation sites (N-methyl/N-ethyl adjacent to an activating group) is 1. The molecule has 7 heteroatoms. The number of ether oxygens (including phenoxy) is 2. The second kappa shape index (κ2) is 8.80. The molecule has 0 amide bonds. The van der Waals surface area contributed by atoms with Gasteiger partial charge in [0.15, 0.2) is 16.9 Å². The zero-order chi connectivity index (χ0) is 22.8. The Labute approximate surface area is 183 Å². The van der Waals surface area contributed by atoms with Gasteiger partial charge in [0.1, 0.15) is 5.92 Å². The molecule has 7 nitrogen and oxygen atoms in total. The molecule has 1 fully saturated rings. The number of hydrogen-bond donors (Lipinski definition) is 2. The lowest BCUT2D eigenvalue weighted by Gasteiger charge is -2.46. The van der Waals surface area contributed by atoms with Crippen molar-refractivity contribution in [3.8, 4) is 29.7 Å². The van der Waals surface area contributed by atoms with Crippen LogP contribution in [0.1, 0.15) is 25.3 Å². The molecule has 2 N–H and O–H groups in total. The summed E-state index contributed by atoms with van der Waals surface area (Å²) in [6.07, 6.45) is 2.01. The smallest absolute Gasteiger partial charge is 0.189 e. The third-order valence-electron chi connectivity index (χ3n) is 6.20. The van der Waals surface area contributed by atoms with E-state index in [9.17, 15) is 15.8 Å². The van der Waals surface area contributed by atoms with Crippen LogP contribution in [0.3, 0.4) is 0 Å². The molecule has 160 valence electrons. The number of nitrogens with one attached hydrogen (secondary N) is 2. The predicted molar refractivity (Wildman–Crippen MR) is 115 cm³/mol. The molecule has 1 aromatic carbocycles. The molecule has 1 unspecified atom stereocenters. The second-order valence-electron chi connectivity index (χ2n) is 8.78. The molecule has 1 heterocycles. The molecule has 0 aromatic heterocycles. The highest BCUT2D eigenvalue weighted by Crippen LogP contribution is 2.53. The summed E-state index contributed by atoms with van der Waals surface area (Å²) < 4.78 is 11.4. The van der Waals surface area contributed by atoms with Crippen molar-refractivity contribution in [3.05, 3.63) is 35.4 Å². The Morgan fingerprint density at radius 2 is 1.94 bits per heavy atom. The van der Waals surface area contributed by atoms with Gasteiger partial charge in [0.05, 0.1) is 57.8 Å². The number of quaternary nitrogens is 1. The maximum atomic E-state index is 10.1. The molecule has 0 saturated heterocycles. The van der Waals surface area contributed by atoms with E-state index in [1.807, 2.05) is 18.2 Å². The minimum Gasteiger partial charge on any atom is -0.493 e. The molecule has 3 rings (SSSR count). The number of benzene rings is 1. The quantitative estimate of drug-likeness (QED) is 0.710. The number of methoxy groups -OCH3 is 1. The molecule has 0 spiro atoms. The SMILES string of the molecule is COc1cc([C@H]2[C@H]3C[NH+](C)CC=C3[C@@H](C#N)C(=N)C2(C#N)C#N)ccc1OCC(C)C. The van der Waals surface area contributed by atoms with E-state index in [-0.39, 0.29) is 11.6 Å². The highest BCUT2D eigenvalue weighted by atomic mass is 16.5. The minimum atomic E-state index is -1.72. The summed E-state index contributed by atoms with van der Waals surface area (Å²) in [6.45, 7) is 6.09. The summed E-state index contributed by atoms with van der Waals surface area (Å²) in [5.41, 5.74) is -0.260. The maximum Gasteiger partial charge on any atom is 0.189 e. The van der Waals surface area contributed by atoms with Gasteiger partial charge < -0.3 is 19.8 Å². The summed E-state index contributed by atoms with van der Waals surface area (Å²) in [5.74, 6) is -0.136. The van der Waals surface area contributed by atoms with E-state index in [2.05, 4.69) is 39.1 Å². The highest BCUT2D eigenvalue weighted by Gasteiger charge is 2.58. The standard InChI is InChI=1S/C24H27N5O2/c1-15(2)12-31-20-6-5-16(9-21(20)30-4)22-19-11-29(3)8-7-17(19)18(10-25)23(28)24(22,13-26)14-27/h5-7,9,15,18-19,22,28H,8,11-12H2,1-4H3/p+1/t18-,19+,22+/m1/s1. The van der Waals surface area contributed by atoms with Gasteiger partial charge in [-0.15, -0.1) is 0 Å². The Balaban J connectivity index is 2.16. The first-order chi connectivity index (χ1) is 14.8. The Kier molecular flexibility index (Phi) is 6.34. The number of nitriles is 3.